The molecule has 0 bridgehead atoms. The number of fused-ring (bicyclic) bond motifs is 5. The molecule has 43 heavy (non-hydrogen) atoms. The molecule has 1 N–H and O–H groups in total. The molecular formula is C34H60O9. The van der Waals surface area contributed by atoms with Gasteiger partial charge in [0.15, 0.2) is 0 Å². The van der Waals surface area contributed by atoms with Crippen molar-refractivity contribution in [3.05, 3.63) is 0 Å². The molecule has 0 aromatic carbocycles. The van der Waals surface area contributed by atoms with Gasteiger partial charge in [-0.15, -0.1) is 0 Å². The maximum Gasteiger partial charge on any atom is 0.311 e. The molecule has 9 heteroatoms. The summed E-state index contributed by atoms with van der Waals surface area (Å²) in [6, 6.07) is 0. The number of methoxy groups -OCH3 is 4. The Labute approximate surface area is 260 Å². The van der Waals surface area contributed by atoms with Crippen molar-refractivity contribution in [2.24, 2.45) is 58.2 Å². The largest absolute Gasteiger partial charge is 0.469 e. The summed E-state index contributed by atoms with van der Waals surface area (Å²) in [5.74, 6) is 1.84. The number of hydrogen-bond donors (Lipinski definition) is 1. The molecule has 9 nitrogen and oxygen atoms in total. The number of aliphatic hydroxyl groups is 1. The number of aliphatic hydroxyl groups excluding tert-OH is 1. The van der Waals surface area contributed by atoms with Crippen molar-refractivity contribution in [2.45, 2.75) is 97.4 Å². The third-order valence-electron chi connectivity index (χ3n) is 12.8. The van der Waals surface area contributed by atoms with Gasteiger partial charge in [-0.05, 0) is 91.8 Å². The maximum atomic E-state index is 12.4. The molecule has 4 aliphatic rings. The second-order valence-corrected chi connectivity index (χ2v) is 14.4. The first kappa shape index (κ1) is 35.1. The molecule has 0 heterocycles. The Hall–Kier alpha value is -0.810. The van der Waals surface area contributed by atoms with E-state index in [4.69, 9.17) is 33.2 Å². The van der Waals surface area contributed by atoms with Crippen LogP contribution in [0.5, 0.6) is 0 Å². The van der Waals surface area contributed by atoms with Crippen molar-refractivity contribution < 1.29 is 43.1 Å². The molecule has 4 unspecified atom stereocenters. The molecule has 4 fully saturated rings. The second-order valence-electron chi connectivity index (χ2n) is 14.4. The average Bonchev–Trinajstić information content (AvgIpc) is 3.37. The normalized spacial score (nSPS) is 42.0. The Morgan fingerprint density at radius 2 is 1.56 bits per heavy atom. The van der Waals surface area contributed by atoms with Crippen LogP contribution in [0.15, 0.2) is 0 Å². The van der Waals surface area contributed by atoms with Gasteiger partial charge < -0.3 is 38.3 Å². The predicted molar refractivity (Wildman–Crippen MR) is 162 cm³/mol. The predicted octanol–water partition coefficient (Wildman–Crippen LogP) is 5.28. The van der Waals surface area contributed by atoms with Gasteiger partial charge in [-0.25, -0.2) is 0 Å². The number of carbonyl (C=O) groups is 1. The Morgan fingerprint density at radius 3 is 2.19 bits per heavy atom. The molecule has 4 aliphatic carbocycles. The van der Waals surface area contributed by atoms with E-state index in [1.807, 2.05) is 0 Å². The van der Waals surface area contributed by atoms with Crippen LogP contribution in [0.25, 0.3) is 0 Å². The van der Waals surface area contributed by atoms with Crippen LogP contribution in [-0.2, 0) is 38.0 Å². The lowest BCUT2D eigenvalue weighted by Gasteiger charge is -2.66. The molecule has 0 aromatic heterocycles. The molecular weight excluding hydrogens is 552 g/mol. The summed E-state index contributed by atoms with van der Waals surface area (Å²) >= 11 is 0. The van der Waals surface area contributed by atoms with Crippen molar-refractivity contribution in [2.75, 3.05) is 55.4 Å². The van der Waals surface area contributed by atoms with E-state index in [2.05, 4.69) is 27.7 Å². The van der Waals surface area contributed by atoms with Gasteiger partial charge in [-0.2, -0.15) is 0 Å². The highest BCUT2D eigenvalue weighted by Gasteiger charge is 2.68. The fraction of sp³-hybridized carbons (Fsp3) is 0.971. The van der Waals surface area contributed by atoms with Gasteiger partial charge in [-0.1, -0.05) is 34.1 Å². The van der Waals surface area contributed by atoms with E-state index in [-0.39, 0.29) is 54.4 Å². The van der Waals surface area contributed by atoms with Crippen LogP contribution in [0, 0.1) is 58.2 Å². The standard InChI is InChI=1S/C34H60O9/c1-9-24-27-15-23(41-18-37-5)12-13-33(27,3)28-16-29(42-19-38-6)34(4)25(21(2)14-22(17-35)32(36)40-8)10-11-26(34)30(28)31(24)43-20-39-7/h21-31,35H,9-20H2,1-8H3/t21-,22?,23-,24-,25-,26?,27+,28?,29+,30?,31-,33+,34-/m1/s1. The van der Waals surface area contributed by atoms with Gasteiger partial charge in [0.1, 0.15) is 20.4 Å². The lowest BCUT2D eigenvalue weighted by atomic mass is 9.40. The lowest BCUT2D eigenvalue weighted by Crippen LogP contribution is -2.66. The summed E-state index contributed by atoms with van der Waals surface area (Å²) in [7, 11) is 6.50. The Morgan fingerprint density at radius 1 is 0.884 bits per heavy atom. The van der Waals surface area contributed by atoms with E-state index < -0.39 is 5.92 Å². The minimum absolute atomic E-state index is 0.0283. The third-order valence-corrected chi connectivity index (χ3v) is 12.8. The van der Waals surface area contributed by atoms with Crippen LogP contribution in [0.4, 0.5) is 0 Å². The number of carbonyl (C=O) groups excluding carboxylic acids is 1. The quantitative estimate of drug-likeness (QED) is 0.196. The third kappa shape index (κ3) is 6.56. The highest BCUT2D eigenvalue weighted by molar-refractivity contribution is 5.72. The van der Waals surface area contributed by atoms with Crippen molar-refractivity contribution in [3.8, 4) is 0 Å². The molecule has 4 saturated carbocycles. The van der Waals surface area contributed by atoms with Crippen molar-refractivity contribution in [1.82, 2.24) is 0 Å². The molecule has 13 atom stereocenters. The van der Waals surface area contributed by atoms with E-state index >= 15 is 0 Å². The van der Waals surface area contributed by atoms with Crippen LogP contribution in [0.3, 0.4) is 0 Å². The van der Waals surface area contributed by atoms with Crippen LogP contribution in [-0.4, -0.2) is 84.8 Å². The summed E-state index contributed by atoms with van der Waals surface area (Å²) in [5, 5.41) is 10.0. The summed E-state index contributed by atoms with van der Waals surface area (Å²) in [6.07, 6.45) is 8.30. The molecule has 0 aromatic rings. The van der Waals surface area contributed by atoms with Crippen molar-refractivity contribution in [1.29, 1.82) is 0 Å². The first-order chi connectivity index (χ1) is 20.7. The van der Waals surface area contributed by atoms with Gasteiger partial charge in [0.25, 0.3) is 0 Å². The zero-order valence-corrected chi connectivity index (χ0v) is 28.0. The van der Waals surface area contributed by atoms with Gasteiger partial charge >= 0.3 is 5.97 Å². The first-order valence-electron chi connectivity index (χ1n) is 16.7. The molecule has 0 spiro atoms. The van der Waals surface area contributed by atoms with E-state index in [0.29, 0.717) is 55.5 Å². The van der Waals surface area contributed by atoms with Gasteiger partial charge in [0.05, 0.1) is 37.9 Å². The molecule has 0 aliphatic heterocycles. The van der Waals surface area contributed by atoms with Crippen molar-refractivity contribution in [3.63, 3.8) is 0 Å². The van der Waals surface area contributed by atoms with E-state index in [1.165, 1.54) is 7.11 Å². The van der Waals surface area contributed by atoms with Crippen LogP contribution in [0.2, 0.25) is 0 Å². The fourth-order valence-corrected chi connectivity index (χ4v) is 10.9. The zero-order valence-electron chi connectivity index (χ0n) is 28.0. The average molecular weight is 613 g/mol. The zero-order chi connectivity index (χ0) is 31.4. The smallest absolute Gasteiger partial charge is 0.311 e. The number of rotatable bonds is 15. The number of esters is 1. The molecule has 0 radical (unpaired) electrons. The lowest BCUT2D eigenvalue weighted by molar-refractivity contribution is -0.267. The minimum atomic E-state index is -0.510. The summed E-state index contributed by atoms with van der Waals surface area (Å²) in [6.45, 7) is 10.2. The Bertz CT molecular complexity index is 886. The van der Waals surface area contributed by atoms with E-state index in [0.717, 1.165) is 44.9 Å². The first-order valence-corrected chi connectivity index (χ1v) is 16.7. The maximum absolute atomic E-state index is 12.4. The summed E-state index contributed by atoms with van der Waals surface area (Å²) < 4.78 is 40.9. The molecule has 0 amide bonds. The Balaban J connectivity index is 1.73. The SMILES string of the molecule is CC[C@H]1[C@@H](OCOC)C2C3CC[C@H]([C@H](C)CC(CO)C(=O)OC)[C@@]3(C)[C@@H](OCOC)CC2[C@@]2(C)CC[C@@H](OCOC)C[C@@H]12. The number of hydrogen-bond acceptors (Lipinski definition) is 9. The topological polar surface area (TPSA) is 102 Å². The monoisotopic (exact) mass is 612 g/mol. The fourth-order valence-electron chi connectivity index (χ4n) is 10.9. The molecule has 4 rings (SSSR count). The summed E-state index contributed by atoms with van der Waals surface area (Å²) in [5.41, 5.74) is 0.0297. The van der Waals surface area contributed by atoms with Crippen molar-refractivity contribution >= 4 is 5.97 Å². The highest BCUT2D eigenvalue weighted by Crippen LogP contribution is 2.70. The Kier molecular flexibility index (Phi) is 12.4. The van der Waals surface area contributed by atoms with E-state index in [9.17, 15) is 9.90 Å². The highest BCUT2D eigenvalue weighted by atomic mass is 16.7. The van der Waals surface area contributed by atoms with Crippen LogP contribution < -0.4 is 0 Å². The second kappa shape index (κ2) is 15.2. The van der Waals surface area contributed by atoms with E-state index in [1.54, 1.807) is 21.3 Å². The van der Waals surface area contributed by atoms with Gasteiger partial charge in [0, 0.05) is 26.7 Å². The minimum Gasteiger partial charge on any atom is -0.469 e. The van der Waals surface area contributed by atoms with Gasteiger partial charge in [-0.3, -0.25) is 4.79 Å². The van der Waals surface area contributed by atoms with Crippen LogP contribution >= 0.6 is 0 Å². The summed E-state index contributed by atoms with van der Waals surface area (Å²) in [4.78, 5) is 12.4. The molecule has 250 valence electrons. The van der Waals surface area contributed by atoms with Crippen LogP contribution in [0.1, 0.15) is 79.1 Å². The molecule has 0 saturated heterocycles. The number of ether oxygens (including phenoxy) is 7. The van der Waals surface area contributed by atoms with Gasteiger partial charge in [0.2, 0.25) is 0 Å².